The number of nitrogens with two attached hydrogens (primary N) is 1. The number of hydrogen-bond acceptors (Lipinski definition) is 3. The standard InChI is InChI=1S/C21H17FN4/c22-15-5-1-12(2-6-15)13-3-7-18-16(9-13)17-10-20-14(4-8-19(17)25-18)11-24-21(23)26-20/h1-3,5-7,9,11,25H,4,8,10H2,(H2,23,24,26). The lowest BCUT2D eigenvalue weighted by atomic mass is 10.00. The first-order valence-corrected chi connectivity index (χ1v) is 8.67. The van der Waals surface area contributed by atoms with Crippen LogP contribution in [0, 0.1) is 5.82 Å². The van der Waals surface area contributed by atoms with E-state index in [2.05, 4.69) is 33.2 Å². The molecule has 0 saturated heterocycles. The Morgan fingerprint density at radius 1 is 1.00 bits per heavy atom. The minimum absolute atomic E-state index is 0.223. The molecule has 0 radical (unpaired) electrons. The van der Waals surface area contributed by atoms with E-state index in [1.54, 1.807) is 0 Å². The van der Waals surface area contributed by atoms with Crippen molar-refractivity contribution in [2.24, 2.45) is 0 Å². The molecule has 26 heavy (non-hydrogen) atoms. The molecule has 2 heterocycles. The lowest BCUT2D eigenvalue weighted by Crippen LogP contribution is -2.03. The number of nitrogens with one attached hydrogen (secondary N) is 1. The van der Waals surface area contributed by atoms with E-state index >= 15 is 0 Å². The van der Waals surface area contributed by atoms with E-state index in [1.807, 2.05) is 18.3 Å². The first kappa shape index (κ1) is 15.1. The van der Waals surface area contributed by atoms with Crippen molar-refractivity contribution in [2.75, 3.05) is 5.73 Å². The molecule has 4 nitrogen and oxygen atoms in total. The molecular formula is C21H17FN4. The molecule has 2 aromatic carbocycles. The summed E-state index contributed by atoms with van der Waals surface area (Å²) in [6.45, 7) is 0. The fourth-order valence-electron chi connectivity index (χ4n) is 3.79. The van der Waals surface area contributed by atoms with Gasteiger partial charge in [-0.3, -0.25) is 0 Å². The Morgan fingerprint density at radius 2 is 1.81 bits per heavy atom. The van der Waals surface area contributed by atoms with Gasteiger partial charge in [0, 0.05) is 29.2 Å². The van der Waals surface area contributed by atoms with Gasteiger partial charge in [0.2, 0.25) is 5.95 Å². The minimum Gasteiger partial charge on any atom is -0.368 e. The molecule has 4 aromatic rings. The fourth-order valence-corrected chi connectivity index (χ4v) is 3.79. The van der Waals surface area contributed by atoms with Crippen LogP contribution in [0.5, 0.6) is 0 Å². The van der Waals surface area contributed by atoms with Crippen molar-refractivity contribution in [1.29, 1.82) is 0 Å². The van der Waals surface area contributed by atoms with Crippen LogP contribution in [-0.2, 0) is 19.3 Å². The number of anilines is 1. The van der Waals surface area contributed by atoms with E-state index in [0.29, 0.717) is 5.95 Å². The zero-order valence-electron chi connectivity index (χ0n) is 14.1. The second kappa shape index (κ2) is 5.66. The number of halogens is 1. The van der Waals surface area contributed by atoms with Gasteiger partial charge in [-0.15, -0.1) is 0 Å². The number of rotatable bonds is 1. The van der Waals surface area contributed by atoms with Crippen LogP contribution in [0.3, 0.4) is 0 Å². The largest absolute Gasteiger partial charge is 0.368 e. The van der Waals surface area contributed by atoms with Crippen LogP contribution < -0.4 is 5.73 Å². The molecule has 0 fully saturated rings. The highest BCUT2D eigenvalue weighted by atomic mass is 19.1. The first-order valence-electron chi connectivity index (χ1n) is 8.67. The molecule has 0 bridgehead atoms. The number of nitrogens with zero attached hydrogens (tertiary/aromatic N) is 2. The van der Waals surface area contributed by atoms with E-state index in [1.165, 1.54) is 28.8 Å². The summed E-state index contributed by atoms with van der Waals surface area (Å²) in [7, 11) is 0. The summed E-state index contributed by atoms with van der Waals surface area (Å²) < 4.78 is 13.2. The molecular weight excluding hydrogens is 327 g/mol. The van der Waals surface area contributed by atoms with E-state index in [-0.39, 0.29) is 5.82 Å². The lowest BCUT2D eigenvalue weighted by molar-refractivity contribution is 0.628. The van der Waals surface area contributed by atoms with Crippen molar-refractivity contribution in [1.82, 2.24) is 15.0 Å². The normalized spacial score (nSPS) is 13.3. The molecule has 1 aliphatic carbocycles. The Labute approximate surface area is 149 Å². The average molecular weight is 344 g/mol. The van der Waals surface area contributed by atoms with Gasteiger partial charge in [0.15, 0.2) is 0 Å². The highest BCUT2D eigenvalue weighted by Crippen LogP contribution is 2.32. The van der Waals surface area contributed by atoms with Crippen molar-refractivity contribution in [3.8, 4) is 11.1 Å². The number of fused-ring (bicyclic) bond motifs is 4. The maximum atomic E-state index is 13.2. The summed E-state index contributed by atoms with van der Waals surface area (Å²) in [6, 6.07) is 12.9. The zero-order chi connectivity index (χ0) is 17.7. The molecule has 0 spiro atoms. The number of H-pyrrole nitrogens is 1. The molecule has 0 aliphatic heterocycles. The SMILES string of the molecule is Nc1ncc2c(n1)Cc1c([nH]c3ccc(-c4ccc(F)cc4)cc13)CC2. The Morgan fingerprint density at radius 3 is 2.65 bits per heavy atom. The maximum Gasteiger partial charge on any atom is 0.220 e. The highest BCUT2D eigenvalue weighted by molar-refractivity contribution is 5.89. The summed E-state index contributed by atoms with van der Waals surface area (Å²) in [5.74, 6) is 0.0956. The Hall–Kier alpha value is -3.21. The quantitative estimate of drug-likeness (QED) is 0.548. The van der Waals surface area contributed by atoms with Gasteiger partial charge in [0.25, 0.3) is 0 Å². The van der Waals surface area contributed by atoms with Gasteiger partial charge < -0.3 is 10.7 Å². The molecule has 5 rings (SSSR count). The monoisotopic (exact) mass is 344 g/mol. The van der Waals surface area contributed by atoms with Crippen LogP contribution in [0.2, 0.25) is 0 Å². The number of benzene rings is 2. The van der Waals surface area contributed by atoms with E-state index in [4.69, 9.17) is 5.73 Å². The number of aromatic amines is 1. The van der Waals surface area contributed by atoms with Crippen LogP contribution in [0.1, 0.15) is 22.5 Å². The summed E-state index contributed by atoms with van der Waals surface area (Å²) in [5, 5.41) is 1.19. The lowest BCUT2D eigenvalue weighted by Gasteiger charge is -2.06. The molecule has 3 N–H and O–H groups in total. The van der Waals surface area contributed by atoms with Gasteiger partial charge in [0.1, 0.15) is 5.82 Å². The van der Waals surface area contributed by atoms with Crippen molar-refractivity contribution in [3.63, 3.8) is 0 Å². The second-order valence-corrected chi connectivity index (χ2v) is 6.73. The predicted molar refractivity (Wildman–Crippen MR) is 100 cm³/mol. The van der Waals surface area contributed by atoms with E-state index in [9.17, 15) is 4.39 Å². The predicted octanol–water partition coefficient (Wildman–Crippen LogP) is 4.04. The third-order valence-corrected chi connectivity index (χ3v) is 5.13. The van der Waals surface area contributed by atoms with Crippen molar-refractivity contribution < 1.29 is 4.39 Å². The molecule has 0 unspecified atom stereocenters. The van der Waals surface area contributed by atoms with Gasteiger partial charge in [-0.2, -0.15) is 0 Å². The third-order valence-electron chi connectivity index (χ3n) is 5.13. The summed E-state index contributed by atoms with van der Waals surface area (Å²) in [6.07, 6.45) is 4.41. The molecule has 0 saturated carbocycles. The van der Waals surface area contributed by atoms with Crippen LogP contribution in [0.15, 0.2) is 48.7 Å². The first-order chi connectivity index (χ1) is 12.7. The van der Waals surface area contributed by atoms with Gasteiger partial charge in [-0.05, 0) is 59.4 Å². The molecule has 5 heteroatoms. The van der Waals surface area contributed by atoms with Gasteiger partial charge in [0.05, 0.1) is 5.69 Å². The zero-order valence-corrected chi connectivity index (χ0v) is 14.1. The van der Waals surface area contributed by atoms with Crippen LogP contribution in [0.25, 0.3) is 22.0 Å². The van der Waals surface area contributed by atoms with Crippen molar-refractivity contribution in [3.05, 3.63) is 77.0 Å². The average Bonchev–Trinajstić information content (AvgIpc) is 2.88. The van der Waals surface area contributed by atoms with Crippen LogP contribution >= 0.6 is 0 Å². The summed E-state index contributed by atoms with van der Waals surface area (Å²) in [5.41, 5.74) is 13.7. The molecule has 1 aliphatic rings. The number of aryl methyl sites for hydroxylation is 2. The van der Waals surface area contributed by atoms with Gasteiger partial charge >= 0.3 is 0 Å². The smallest absolute Gasteiger partial charge is 0.220 e. The fraction of sp³-hybridized carbons (Fsp3) is 0.143. The topological polar surface area (TPSA) is 67.6 Å². The number of aromatic nitrogens is 3. The number of hydrogen-bond donors (Lipinski definition) is 2. The third kappa shape index (κ3) is 2.44. The molecule has 2 aromatic heterocycles. The summed E-state index contributed by atoms with van der Waals surface area (Å²) >= 11 is 0. The second-order valence-electron chi connectivity index (χ2n) is 6.73. The Bertz CT molecular complexity index is 1130. The Kier molecular flexibility index (Phi) is 3.28. The van der Waals surface area contributed by atoms with E-state index in [0.717, 1.165) is 47.2 Å². The van der Waals surface area contributed by atoms with Crippen molar-refractivity contribution in [2.45, 2.75) is 19.3 Å². The maximum absolute atomic E-state index is 13.2. The highest BCUT2D eigenvalue weighted by Gasteiger charge is 2.19. The molecule has 0 atom stereocenters. The van der Waals surface area contributed by atoms with Crippen LogP contribution in [-0.4, -0.2) is 15.0 Å². The van der Waals surface area contributed by atoms with Crippen molar-refractivity contribution >= 4 is 16.9 Å². The Balaban J connectivity index is 1.65. The molecule has 128 valence electrons. The minimum atomic E-state index is -0.223. The summed E-state index contributed by atoms with van der Waals surface area (Å²) in [4.78, 5) is 12.1. The van der Waals surface area contributed by atoms with E-state index < -0.39 is 0 Å². The number of nitrogen functional groups attached to an aromatic ring is 1. The van der Waals surface area contributed by atoms with Gasteiger partial charge in [-0.1, -0.05) is 18.2 Å². The molecule has 0 amide bonds. The van der Waals surface area contributed by atoms with Gasteiger partial charge in [-0.25, -0.2) is 14.4 Å². The van der Waals surface area contributed by atoms with Crippen LogP contribution in [0.4, 0.5) is 10.3 Å².